The van der Waals surface area contributed by atoms with E-state index in [0.717, 1.165) is 11.3 Å². The van der Waals surface area contributed by atoms with Crippen LogP contribution in [0.15, 0.2) is 53.5 Å². The zero-order chi connectivity index (χ0) is 20.5. The molecule has 1 unspecified atom stereocenters. The number of hydrogen-bond donors (Lipinski definition) is 3. The first kappa shape index (κ1) is 20.1. The largest absolute Gasteiger partial charge is 0.477 e. The normalized spacial score (nSPS) is 16.5. The summed E-state index contributed by atoms with van der Waals surface area (Å²) in [6.07, 6.45) is 5.49. The van der Waals surface area contributed by atoms with Gasteiger partial charge in [0.1, 0.15) is 4.88 Å². The van der Waals surface area contributed by atoms with Crippen molar-refractivity contribution in [1.29, 1.82) is 0 Å². The van der Waals surface area contributed by atoms with Gasteiger partial charge in [0.2, 0.25) is 5.91 Å². The van der Waals surface area contributed by atoms with E-state index in [4.69, 9.17) is 17.3 Å². The number of carbonyl (C=O) groups is 2. The fourth-order valence-corrected chi connectivity index (χ4v) is 4.83. The molecule has 4 N–H and O–H groups in total. The lowest BCUT2D eigenvalue weighted by atomic mass is 9.95. The Morgan fingerprint density at radius 1 is 1.25 bits per heavy atom. The number of carboxylic acid groups (broad SMARTS) is 1. The number of primary amides is 1. The van der Waals surface area contributed by atoms with Gasteiger partial charge in [0, 0.05) is 9.90 Å². The lowest BCUT2D eigenvalue weighted by molar-refractivity contribution is -0.120. The maximum Gasteiger partial charge on any atom is 0.348 e. The van der Waals surface area contributed by atoms with E-state index in [1.807, 2.05) is 0 Å². The van der Waals surface area contributed by atoms with E-state index >= 15 is 0 Å². The number of anilines is 1. The number of aromatic carboxylic acids is 1. The summed E-state index contributed by atoms with van der Waals surface area (Å²) < 4.78 is 27.5. The Bertz CT molecular complexity index is 1100. The molecule has 7 nitrogen and oxygen atoms in total. The number of allylic oxidation sites excluding steroid dienone is 3. The molecule has 1 heterocycles. The summed E-state index contributed by atoms with van der Waals surface area (Å²) in [5, 5.41) is 9.84. The van der Waals surface area contributed by atoms with Crippen LogP contribution in [0.5, 0.6) is 0 Å². The molecular weight excluding hydrogens is 424 g/mol. The van der Waals surface area contributed by atoms with Gasteiger partial charge < -0.3 is 10.8 Å². The van der Waals surface area contributed by atoms with Crippen LogP contribution in [0.25, 0.3) is 5.57 Å². The smallest absolute Gasteiger partial charge is 0.348 e. The number of hydrogen-bond acceptors (Lipinski definition) is 5. The number of halogens is 1. The maximum atomic E-state index is 12.6. The number of nitrogens with two attached hydrogens (primary N) is 1. The van der Waals surface area contributed by atoms with Gasteiger partial charge in [-0.1, -0.05) is 29.8 Å². The predicted molar refractivity (Wildman–Crippen MR) is 108 cm³/mol. The average Bonchev–Trinajstić information content (AvgIpc) is 3.05. The van der Waals surface area contributed by atoms with Crippen LogP contribution in [0.3, 0.4) is 0 Å². The van der Waals surface area contributed by atoms with Gasteiger partial charge in [0.25, 0.3) is 10.0 Å². The Labute approximate surface area is 170 Å². The molecule has 1 atom stereocenters. The van der Waals surface area contributed by atoms with E-state index in [0.29, 0.717) is 21.9 Å². The summed E-state index contributed by atoms with van der Waals surface area (Å²) in [4.78, 5) is 23.2. The highest BCUT2D eigenvalue weighted by atomic mass is 35.5. The average molecular weight is 439 g/mol. The molecule has 0 aliphatic heterocycles. The second-order valence-corrected chi connectivity index (χ2v) is 9.15. The zero-order valence-corrected chi connectivity index (χ0v) is 16.6. The molecule has 0 spiro atoms. The number of carboxylic acids is 1. The molecule has 1 aliphatic rings. The number of carbonyl (C=O) groups excluding carboxylic acids is 1. The highest BCUT2D eigenvalue weighted by Gasteiger charge is 2.23. The number of thiophene rings is 1. The van der Waals surface area contributed by atoms with Gasteiger partial charge in [-0.25, -0.2) is 13.2 Å². The monoisotopic (exact) mass is 438 g/mol. The van der Waals surface area contributed by atoms with E-state index < -0.39 is 27.8 Å². The van der Waals surface area contributed by atoms with Crippen molar-refractivity contribution in [2.45, 2.75) is 11.3 Å². The third-order valence-electron chi connectivity index (χ3n) is 4.04. The molecule has 1 aromatic carbocycles. The number of rotatable bonds is 6. The standard InChI is InChI=1S/C18H15ClN2O5S2/c19-12-5-7-13(8-6-12)28(25,26)21-14-9-15(27-16(14)18(23)24)10-1-3-11(4-2-10)17(20)22/h1-3,5-9,11,21H,4H2,(H2,20,22)(H,23,24). The molecule has 0 radical (unpaired) electrons. The second kappa shape index (κ2) is 7.78. The first-order valence-corrected chi connectivity index (χ1v) is 10.7. The fraction of sp³-hybridized carbons (Fsp3) is 0.111. The van der Waals surface area contributed by atoms with Gasteiger partial charge in [-0.15, -0.1) is 11.3 Å². The Morgan fingerprint density at radius 3 is 2.46 bits per heavy atom. The third kappa shape index (κ3) is 4.27. The first-order chi connectivity index (χ1) is 13.2. The highest BCUT2D eigenvalue weighted by Crippen LogP contribution is 2.36. The van der Waals surface area contributed by atoms with E-state index in [-0.39, 0.29) is 15.5 Å². The Hall–Kier alpha value is -2.62. The predicted octanol–water partition coefficient (Wildman–Crippen LogP) is 3.35. The number of nitrogens with one attached hydrogen (secondary N) is 1. The van der Waals surface area contributed by atoms with Crippen LogP contribution in [0.1, 0.15) is 21.0 Å². The minimum Gasteiger partial charge on any atom is -0.477 e. The summed E-state index contributed by atoms with van der Waals surface area (Å²) in [6.45, 7) is 0. The van der Waals surface area contributed by atoms with E-state index in [1.165, 1.54) is 30.3 Å². The summed E-state index contributed by atoms with van der Waals surface area (Å²) in [7, 11) is -3.99. The van der Waals surface area contributed by atoms with E-state index in [1.54, 1.807) is 18.2 Å². The van der Waals surface area contributed by atoms with E-state index in [2.05, 4.69) is 4.72 Å². The fourth-order valence-electron chi connectivity index (χ4n) is 2.60. The van der Waals surface area contributed by atoms with Crippen molar-refractivity contribution in [2.75, 3.05) is 4.72 Å². The molecule has 0 saturated carbocycles. The maximum absolute atomic E-state index is 12.6. The van der Waals surface area contributed by atoms with Gasteiger partial charge in [0.15, 0.2) is 0 Å². The van der Waals surface area contributed by atoms with Crippen molar-refractivity contribution in [2.24, 2.45) is 11.7 Å². The molecule has 2 aromatic rings. The van der Waals surface area contributed by atoms with Gasteiger partial charge >= 0.3 is 5.97 Å². The lowest BCUT2D eigenvalue weighted by Gasteiger charge is -2.11. The summed E-state index contributed by atoms with van der Waals surface area (Å²) in [6, 6.07) is 6.98. The number of amides is 1. The van der Waals surface area contributed by atoms with Crippen LogP contribution >= 0.6 is 22.9 Å². The van der Waals surface area contributed by atoms with Crippen LogP contribution in [0.2, 0.25) is 5.02 Å². The molecule has 0 bridgehead atoms. The molecule has 3 rings (SSSR count). The lowest BCUT2D eigenvalue weighted by Crippen LogP contribution is -2.21. The van der Waals surface area contributed by atoms with Gasteiger partial charge in [0.05, 0.1) is 16.5 Å². The van der Waals surface area contributed by atoms with Crippen molar-refractivity contribution >= 4 is 56.1 Å². The Balaban J connectivity index is 1.92. The van der Waals surface area contributed by atoms with E-state index in [9.17, 15) is 23.1 Å². The summed E-state index contributed by atoms with van der Waals surface area (Å²) in [5.41, 5.74) is 5.94. The van der Waals surface area contributed by atoms with Gasteiger partial charge in [-0.3, -0.25) is 9.52 Å². The van der Waals surface area contributed by atoms with Crippen LogP contribution in [0.4, 0.5) is 5.69 Å². The molecule has 0 fully saturated rings. The molecule has 1 aromatic heterocycles. The van der Waals surface area contributed by atoms with Crippen molar-refractivity contribution in [3.8, 4) is 0 Å². The SMILES string of the molecule is NC(=O)C1C=CC(c2cc(NS(=O)(=O)c3ccc(Cl)cc3)c(C(=O)O)s2)=CC1. The Kier molecular flexibility index (Phi) is 5.59. The topological polar surface area (TPSA) is 127 Å². The van der Waals surface area contributed by atoms with Crippen molar-refractivity contribution in [3.05, 3.63) is 63.3 Å². The molecule has 146 valence electrons. The number of benzene rings is 1. The molecular formula is C18H15ClN2O5S2. The van der Waals surface area contributed by atoms with Crippen LogP contribution in [0, 0.1) is 5.92 Å². The highest BCUT2D eigenvalue weighted by molar-refractivity contribution is 7.92. The summed E-state index contributed by atoms with van der Waals surface area (Å²) in [5.74, 6) is -2.11. The zero-order valence-electron chi connectivity index (χ0n) is 14.3. The third-order valence-corrected chi connectivity index (χ3v) is 6.85. The summed E-state index contributed by atoms with van der Waals surface area (Å²) >= 11 is 6.71. The van der Waals surface area contributed by atoms with Crippen LogP contribution < -0.4 is 10.5 Å². The van der Waals surface area contributed by atoms with Gasteiger partial charge in [-0.2, -0.15) is 0 Å². The van der Waals surface area contributed by atoms with Crippen molar-refractivity contribution < 1.29 is 23.1 Å². The van der Waals surface area contributed by atoms with Crippen molar-refractivity contribution in [3.63, 3.8) is 0 Å². The first-order valence-electron chi connectivity index (χ1n) is 8.01. The minimum atomic E-state index is -3.99. The second-order valence-electron chi connectivity index (χ2n) is 5.98. The Morgan fingerprint density at radius 2 is 1.93 bits per heavy atom. The molecule has 1 aliphatic carbocycles. The van der Waals surface area contributed by atoms with Crippen molar-refractivity contribution in [1.82, 2.24) is 0 Å². The van der Waals surface area contributed by atoms with Crippen LogP contribution in [-0.4, -0.2) is 25.4 Å². The number of sulfonamides is 1. The minimum absolute atomic E-state index is 0.0335. The van der Waals surface area contributed by atoms with Gasteiger partial charge in [-0.05, 0) is 42.3 Å². The molecule has 0 saturated heterocycles. The molecule has 28 heavy (non-hydrogen) atoms. The quantitative estimate of drug-likeness (QED) is 0.637. The van der Waals surface area contributed by atoms with Crippen LogP contribution in [-0.2, 0) is 14.8 Å². The molecule has 1 amide bonds. The molecule has 10 heteroatoms.